The fourth-order valence-corrected chi connectivity index (χ4v) is 3.03. The number of carbonyl (C=O) groups is 2. The van der Waals surface area contributed by atoms with Crippen LogP contribution in [0.5, 0.6) is 0 Å². The number of nitrogens with one attached hydrogen (secondary N) is 1. The Morgan fingerprint density at radius 1 is 1.10 bits per heavy atom. The quantitative estimate of drug-likeness (QED) is 0.820. The molecule has 2 N–H and O–H groups in total. The highest BCUT2D eigenvalue weighted by Gasteiger charge is 2.30. The highest BCUT2D eigenvalue weighted by molar-refractivity contribution is 5.81. The first kappa shape index (κ1) is 12.9. The van der Waals surface area contributed by atoms with Crippen LogP contribution in [0.2, 0.25) is 0 Å². The van der Waals surface area contributed by atoms with E-state index in [1.165, 1.54) is 11.1 Å². The molecule has 1 aromatic rings. The first-order valence-corrected chi connectivity index (χ1v) is 6.92. The fraction of sp³-hybridized carbons (Fsp3) is 0.375. The van der Waals surface area contributed by atoms with Crippen LogP contribution in [-0.2, 0) is 22.4 Å². The van der Waals surface area contributed by atoms with Gasteiger partial charge in [-0.05, 0) is 30.4 Å². The monoisotopic (exact) mass is 271 g/mol. The van der Waals surface area contributed by atoms with Crippen molar-refractivity contribution in [3.05, 3.63) is 47.5 Å². The third-order valence-corrected chi connectivity index (χ3v) is 4.15. The van der Waals surface area contributed by atoms with Gasteiger partial charge in [-0.1, -0.05) is 36.4 Å². The molecule has 0 heterocycles. The molecule has 0 aromatic heterocycles. The molecule has 0 spiro atoms. The first-order chi connectivity index (χ1) is 9.63. The Morgan fingerprint density at radius 3 is 2.30 bits per heavy atom. The van der Waals surface area contributed by atoms with E-state index in [9.17, 15) is 9.59 Å². The van der Waals surface area contributed by atoms with E-state index in [1.807, 2.05) is 12.1 Å². The number of hydrogen-bond donors (Lipinski definition) is 2. The third-order valence-electron chi connectivity index (χ3n) is 4.15. The molecule has 0 radical (unpaired) electrons. The highest BCUT2D eigenvalue weighted by atomic mass is 16.4. The van der Waals surface area contributed by atoms with Crippen LogP contribution in [0.25, 0.3) is 0 Å². The van der Waals surface area contributed by atoms with Crippen LogP contribution < -0.4 is 5.32 Å². The Morgan fingerprint density at radius 2 is 1.75 bits per heavy atom. The van der Waals surface area contributed by atoms with Crippen LogP contribution in [0.15, 0.2) is 36.4 Å². The summed E-state index contributed by atoms with van der Waals surface area (Å²) in [4.78, 5) is 23.1. The molecule has 4 heteroatoms. The van der Waals surface area contributed by atoms with Gasteiger partial charge in [0, 0.05) is 12.0 Å². The second-order valence-corrected chi connectivity index (χ2v) is 5.55. The van der Waals surface area contributed by atoms with Gasteiger partial charge in [0.1, 0.15) is 0 Å². The van der Waals surface area contributed by atoms with Gasteiger partial charge in [-0.2, -0.15) is 0 Å². The first-order valence-electron chi connectivity index (χ1n) is 6.92. The van der Waals surface area contributed by atoms with Crippen molar-refractivity contribution >= 4 is 11.9 Å². The molecular weight excluding hydrogens is 254 g/mol. The lowest BCUT2D eigenvalue weighted by Gasteiger charge is -2.15. The zero-order valence-corrected chi connectivity index (χ0v) is 11.1. The summed E-state index contributed by atoms with van der Waals surface area (Å²) in [5, 5.41) is 11.9. The van der Waals surface area contributed by atoms with Gasteiger partial charge in [0.15, 0.2) is 0 Å². The minimum atomic E-state index is -0.828. The smallest absolute Gasteiger partial charge is 0.310 e. The third kappa shape index (κ3) is 2.46. The number of carboxylic acid groups (broad SMARTS) is 1. The van der Waals surface area contributed by atoms with Crippen molar-refractivity contribution in [1.29, 1.82) is 0 Å². The number of hydrogen-bond acceptors (Lipinski definition) is 2. The molecule has 0 saturated heterocycles. The Hall–Kier alpha value is -2.10. The van der Waals surface area contributed by atoms with Crippen molar-refractivity contribution < 1.29 is 14.7 Å². The van der Waals surface area contributed by atoms with E-state index in [-0.39, 0.29) is 17.9 Å². The van der Waals surface area contributed by atoms with Crippen LogP contribution in [0.4, 0.5) is 0 Å². The summed E-state index contributed by atoms with van der Waals surface area (Å²) in [7, 11) is 0. The lowest BCUT2D eigenvalue weighted by atomic mass is 10.0. The van der Waals surface area contributed by atoms with Crippen molar-refractivity contribution in [2.24, 2.45) is 11.8 Å². The standard InChI is InChI=1S/C16H17NO3/c18-15(17-14-6-5-12(9-14)16(19)20)13-7-10-3-1-2-4-11(10)8-13/h1-6,12-14H,7-9H2,(H,17,18)(H,19,20). The maximum absolute atomic E-state index is 12.3. The largest absolute Gasteiger partial charge is 0.481 e. The predicted octanol–water partition coefficient (Wildman–Crippen LogP) is 1.55. The van der Waals surface area contributed by atoms with E-state index in [2.05, 4.69) is 17.4 Å². The summed E-state index contributed by atoms with van der Waals surface area (Å²) in [6.45, 7) is 0. The number of carbonyl (C=O) groups excluding carboxylic acids is 1. The molecule has 0 saturated carbocycles. The van der Waals surface area contributed by atoms with Crippen molar-refractivity contribution in [3.8, 4) is 0 Å². The summed E-state index contributed by atoms with van der Waals surface area (Å²) in [5.41, 5.74) is 2.50. The Labute approximate surface area is 117 Å². The van der Waals surface area contributed by atoms with E-state index < -0.39 is 11.9 Å². The maximum atomic E-state index is 12.3. The molecule has 104 valence electrons. The molecule has 20 heavy (non-hydrogen) atoms. The SMILES string of the molecule is O=C(O)C1C=CC(NC(=O)C2Cc3ccccc3C2)C1. The molecule has 2 aliphatic rings. The molecule has 1 aromatic carbocycles. The average Bonchev–Trinajstić information content (AvgIpc) is 3.04. The predicted molar refractivity (Wildman–Crippen MR) is 74.2 cm³/mol. The maximum Gasteiger partial charge on any atom is 0.310 e. The molecule has 3 rings (SSSR count). The van der Waals surface area contributed by atoms with E-state index in [4.69, 9.17) is 5.11 Å². The minimum absolute atomic E-state index is 0.0234. The number of benzene rings is 1. The Balaban J connectivity index is 1.57. The van der Waals surface area contributed by atoms with Crippen molar-refractivity contribution in [2.45, 2.75) is 25.3 Å². The number of rotatable bonds is 3. The minimum Gasteiger partial charge on any atom is -0.481 e. The molecule has 1 amide bonds. The number of carboxylic acids is 1. The summed E-state index contributed by atoms with van der Waals surface area (Å²) in [5.74, 6) is -1.29. The van der Waals surface area contributed by atoms with Crippen LogP contribution in [0, 0.1) is 11.8 Å². The van der Waals surface area contributed by atoms with E-state index in [0.717, 1.165) is 12.8 Å². The fourth-order valence-electron chi connectivity index (χ4n) is 3.03. The van der Waals surface area contributed by atoms with Crippen LogP contribution >= 0.6 is 0 Å². The molecule has 0 aliphatic heterocycles. The topological polar surface area (TPSA) is 66.4 Å². The summed E-state index contributed by atoms with van der Waals surface area (Å²) < 4.78 is 0. The van der Waals surface area contributed by atoms with Gasteiger partial charge in [0.2, 0.25) is 5.91 Å². The van der Waals surface area contributed by atoms with Gasteiger partial charge in [0.05, 0.1) is 5.92 Å². The zero-order chi connectivity index (χ0) is 14.1. The number of aliphatic carboxylic acids is 1. The zero-order valence-electron chi connectivity index (χ0n) is 11.1. The second-order valence-electron chi connectivity index (χ2n) is 5.55. The molecule has 2 atom stereocenters. The molecule has 0 fully saturated rings. The van der Waals surface area contributed by atoms with Gasteiger partial charge < -0.3 is 10.4 Å². The number of amides is 1. The van der Waals surface area contributed by atoms with Gasteiger partial charge >= 0.3 is 5.97 Å². The second kappa shape index (κ2) is 5.12. The number of fused-ring (bicyclic) bond motifs is 1. The van der Waals surface area contributed by atoms with Crippen molar-refractivity contribution in [3.63, 3.8) is 0 Å². The average molecular weight is 271 g/mol. The Kier molecular flexibility index (Phi) is 3.30. The molecule has 4 nitrogen and oxygen atoms in total. The van der Waals surface area contributed by atoms with E-state index >= 15 is 0 Å². The summed E-state index contributed by atoms with van der Waals surface area (Å²) >= 11 is 0. The van der Waals surface area contributed by atoms with Crippen LogP contribution in [0.3, 0.4) is 0 Å². The van der Waals surface area contributed by atoms with Crippen molar-refractivity contribution in [1.82, 2.24) is 5.32 Å². The van der Waals surface area contributed by atoms with Gasteiger partial charge in [0.25, 0.3) is 0 Å². The molecular formula is C16H17NO3. The lowest BCUT2D eigenvalue weighted by Crippen LogP contribution is -2.38. The van der Waals surface area contributed by atoms with Gasteiger partial charge in [-0.3, -0.25) is 9.59 Å². The normalized spacial score (nSPS) is 24.6. The summed E-state index contributed by atoms with van der Waals surface area (Å²) in [6, 6.07) is 7.98. The Bertz CT molecular complexity index is 554. The van der Waals surface area contributed by atoms with E-state index in [1.54, 1.807) is 12.2 Å². The van der Waals surface area contributed by atoms with Gasteiger partial charge in [-0.25, -0.2) is 0 Å². The lowest BCUT2D eigenvalue weighted by molar-refractivity contribution is -0.140. The van der Waals surface area contributed by atoms with E-state index in [0.29, 0.717) is 6.42 Å². The molecule has 2 unspecified atom stereocenters. The summed E-state index contributed by atoms with van der Waals surface area (Å²) in [6.07, 6.45) is 5.47. The van der Waals surface area contributed by atoms with Crippen LogP contribution in [-0.4, -0.2) is 23.0 Å². The van der Waals surface area contributed by atoms with Crippen LogP contribution in [0.1, 0.15) is 17.5 Å². The molecule has 0 bridgehead atoms. The van der Waals surface area contributed by atoms with Crippen molar-refractivity contribution in [2.75, 3.05) is 0 Å². The highest BCUT2D eigenvalue weighted by Crippen LogP contribution is 2.27. The molecule has 2 aliphatic carbocycles. The van der Waals surface area contributed by atoms with Gasteiger partial charge in [-0.15, -0.1) is 0 Å².